The molecule has 1 aliphatic carbocycles. The number of rotatable bonds is 5. The van der Waals surface area contributed by atoms with Crippen molar-refractivity contribution in [3.05, 3.63) is 23.3 Å². The van der Waals surface area contributed by atoms with E-state index in [2.05, 4.69) is 37.5 Å². The van der Waals surface area contributed by atoms with Gasteiger partial charge >= 0.3 is 0 Å². The highest BCUT2D eigenvalue weighted by molar-refractivity contribution is 5.76. The lowest BCUT2D eigenvalue weighted by Crippen LogP contribution is -2.37. The van der Waals surface area contributed by atoms with E-state index >= 15 is 0 Å². The second-order valence-corrected chi connectivity index (χ2v) is 6.69. The van der Waals surface area contributed by atoms with E-state index in [1.54, 1.807) is 0 Å². The highest BCUT2D eigenvalue weighted by Gasteiger charge is 2.12. The Morgan fingerprint density at radius 1 is 1.00 bits per heavy atom. The van der Waals surface area contributed by atoms with Crippen LogP contribution in [0.2, 0.25) is 0 Å². The molecule has 24 heavy (non-hydrogen) atoms. The zero-order chi connectivity index (χ0) is 16.2. The maximum absolute atomic E-state index is 5.37. The zero-order valence-corrected chi connectivity index (χ0v) is 14.1. The molecule has 128 valence electrons. The molecule has 1 aromatic heterocycles. The summed E-state index contributed by atoms with van der Waals surface area (Å²) in [4.78, 5) is 7.09. The normalized spacial score (nSPS) is 18.5. The lowest BCUT2D eigenvalue weighted by Gasteiger charge is -2.26. The Hall–Kier alpha value is -1.79. The van der Waals surface area contributed by atoms with Crippen LogP contribution in [0, 0.1) is 0 Å². The summed E-state index contributed by atoms with van der Waals surface area (Å²) in [6.45, 7) is 5.75. The van der Waals surface area contributed by atoms with Crippen molar-refractivity contribution in [2.75, 3.05) is 44.7 Å². The van der Waals surface area contributed by atoms with Crippen LogP contribution in [0.25, 0.3) is 11.0 Å². The van der Waals surface area contributed by atoms with Crippen LogP contribution < -0.4 is 5.32 Å². The maximum Gasteiger partial charge on any atom is 0.243 e. The van der Waals surface area contributed by atoms with E-state index in [9.17, 15) is 0 Å². The van der Waals surface area contributed by atoms with Crippen molar-refractivity contribution in [2.45, 2.75) is 32.1 Å². The number of aromatic nitrogens is 3. The van der Waals surface area contributed by atoms with Crippen LogP contribution in [0.5, 0.6) is 0 Å². The van der Waals surface area contributed by atoms with Gasteiger partial charge in [-0.05, 0) is 61.9 Å². The zero-order valence-electron chi connectivity index (χ0n) is 14.1. The number of nitrogens with one attached hydrogen (secondary N) is 1. The van der Waals surface area contributed by atoms with E-state index in [0.29, 0.717) is 5.95 Å². The summed E-state index contributed by atoms with van der Waals surface area (Å²) in [6, 6.07) is 4.38. The number of morpholine rings is 1. The standard InChI is InChI=1S/C18H25N5O/c1-2-5-15-13-17-16(12-14(15)4-1)20-18(22-21-17)19-6-3-7-23-8-10-24-11-9-23/h12-13H,1-11H2,(H,19,20,22). The van der Waals surface area contributed by atoms with Crippen molar-refractivity contribution in [3.8, 4) is 0 Å². The molecule has 0 saturated carbocycles. The molecular weight excluding hydrogens is 302 g/mol. The smallest absolute Gasteiger partial charge is 0.243 e. The third kappa shape index (κ3) is 3.65. The Labute approximate surface area is 142 Å². The van der Waals surface area contributed by atoms with Crippen molar-refractivity contribution in [3.63, 3.8) is 0 Å². The molecule has 2 heterocycles. The molecule has 0 amide bonds. The highest BCUT2D eigenvalue weighted by atomic mass is 16.5. The maximum atomic E-state index is 5.37. The fraction of sp³-hybridized carbons (Fsp3) is 0.611. The summed E-state index contributed by atoms with van der Waals surface area (Å²) >= 11 is 0. The Morgan fingerprint density at radius 2 is 1.75 bits per heavy atom. The molecule has 0 spiro atoms. The number of aryl methyl sites for hydroxylation is 2. The topological polar surface area (TPSA) is 63.2 Å². The van der Waals surface area contributed by atoms with Gasteiger partial charge in [-0.2, -0.15) is 0 Å². The first-order valence-corrected chi connectivity index (χ1v) is 9.09. The number of fused-ring (bicyclic) bond motifs is 2. The predicted octanol–water partition coefficient (Wildman–Crippen LogP) is 2.04. The number of anilines is 1. The molecule has 0 atom stereocenters. The number of benzene rings is 1. The molecule has 2 aromatic rings. The van der Waals surface area contributed by atoms with E-state index in [-0.39, 0.29) is 0 Å². The first kappa shape index (κ1) is 15.7. The molecular formula is C18H25N5O. The second kappa shape index (κ2) is 7.40. The van der Waals surface area contributed by atoms with Crippen LogP contribution in [0.4, 0.5) is 5.95 Å². The highest BCUT2D eigenvalue weighted by Crippen LogP contribution is 2.25. The molecule has 0 bridgehead atoms. The molecule has 2 aliphatic rings. The third-order valence-corrected chi connectivity index (χ3v) is 4.96. The van der Waals surface area contributed by atoms with Gasteiger partial charge in [-0.15, -0.1) is 10.2 Å². The minimum atomic E-state index is 0.639. The van der Waals surface area contributed by atoms with E-state index < -0.39 is 0 Å². The van der Waals surface area contributed by atoms with Gasteiger partial charge in [-0.25, -0.2) is 4.98 Å². The fourth-order valence-corrected chi connectivity index (χ4v) is 3.57. The predicted molar refractivity (Wildman–Crippen MR) is 94.3 cm³/mol. The summed E-state index contributed by atoms with van der Waals surface area (Å²) in [7, 11) is 0. The van der Waals surface area contributed by atoms with Gasteiger partial charge in [-0.1, -0.05) is 0 Å². The molecule has 0 radical (unpaired) electrons. The van der Waals surface area contributed by atoms with Gasteiger partial charge in [0, 0.05) is 19.6 Å². The molecule has 1 aliphatic heterocycles. The minimum absolute atomic E-state index is 0.639. The average molecular weight is 327 g/mol. The Morgan fingerprint density at radius 3 is 2.54 bits per heavy atom. The van der Waals surface area contributed by atoms with Gasteiger partial charge in [0.25, 0.3) is 0 Å². The summed E-state index contributed by atoms with van der Waals surface area (Å²) in [5, 5.41) is 11.9. The van der Waals surface area contributed by atoms with Crippen LogP contribution in [-0.4, -0.2) is 59.5 Å². The van der Waals surface area contributed by atoms with Crippen molar-refractivity contribution in [1.29, 1.82) is 0 Å². The second-order valence-electron chi connectivity index (χ2n) is 6.69. The molecule has 4 rings (SSSR count). The number of hydrogen-bond acceptors (Lipinski definition) is 6. The van der Waals surface area contributed by atoms with Crippen LogP contribution in [0.15, 0.2) is 12.1 Å². The van der Waals surface area contributed by atoms with Crippen molar-refractivity contribution in [1.82, 2.24) is 20.1 Å². The lowest BCUT2D eigenvalue weighted by atomic mass is 9.91. The lowest BCUT2D eigenvalue weighted by molar-refractivity contribution is 0.0378. The average Bonchev–Trinajstić information content (AvgIpc) is 2.64. The Bertz CT molecular complexity index is 699. The van der Waals surface area contributed by atoms with Gasteiger partial charge in [0.1, 0.15) is 5.52 Å². The SMILES string of the molecule is c1c2c(cc3nc(NCCCN4CCOCC4)nnc13)CCCC2. The third-order valence-electron chi connectivity index (χ3n) is 4.96. The summed E-state index contributed by atoms with van der Waals surface area (Å²) in [5.41, 5.74) is 4.74. The quantitative estimate of drug-likeness (QED) is 0.848. The molecule has 1 aromatic carbocycles. The molecule has 1 N–H and O–H groups in total. The van der Waals surface area contributed by atoms with Gasteiger partial charge < -0.3 is 10.1 Å². The van der Waals surface area contributed by atoms with Crippen molar-refractivity contribution in [2.24, 2.45) is 0 Å². The Kier molecular flexibility index (Phi) is 4.85. The molecule has 6 heteroatoms. The molecule has 6 nitrogen and oxygen atoms in total. The van der Waals surface area contributed by atoms with Gasteiger partial charge in [0.2, 0.25) is 5.95 Å². The van der Waals surface area contributed by atoms with Crippen LogP contribution in [-0.2, 0) is 17.6 Å². The number of hydrogen-bond donors (Lipinski definition) is 1. The van der Waals surface area contributed by atoms with Crippen molar-refractivity contribution < 1.29 is 4.74 Å². The van der Waals surface area contributed by atoms with Crippen molar-refractivity contribution >= 4 is 17.0 Å². The van der Waals surface area contributed by atoms with Crippen LogP contribution in [0.1, 0.15) is 30.4 Å². The largest absolute Gasteiger partial charge is 0.379 e. The number of ether oxygens (including phenoxy) is 1. The van der Waals surface area contributed by atoms with Crippen LogP contribution >= 0.6 is 0 Å². The molecule has 1 fully saturated rings. The first-order valence-electron chi connectivity index (χ1n) is 9.09. The molecule has 0 unspecified atom stereocenters. The summed E-state index contributed by atoms with van der Waals surface area (Å²) < 4.78 is 5.37. The molecule has 1 saturated heterocycles. The fourth-order valence-electron chi connectivity index (χ4n) is 3.57. The van der Waals surface area contributed by atoms with Gasteiger partial charge in [0.05, 0.1) is 18.7 Å². The summed E-state index contributed by atoms with van der Waals surface area (Å²) in [5.74, 6) is 0.639. The van der Waals surface area contributed by atoms with Gasteiger partial charge in [0.15, 0.2) is 0 Å². The number of nitrogens with zero attached hydrogens (tertiary/aromatic N) is 4. The van der Waals surface area contributed by atoms with E-state index in [4.69, 9.17) is 4.74 Å². The Balaban J connectivity index is 1.36. The first-order chi connectivity index (χ1) is 11.9. The van der Waals surface area contributed by atoms with E-state index in [0.717, 1.165) is 69.7 Å². The monoisotopic (exact) mass is 327 g/mol. The van der Waals surface area contributed by atoms with E-state index in [1.165, 1.54) is 24.0 Å². The van der Waals surface area contributed by atoms with Gasteiger partial charge in [-0.3, -0.25) is 4.90 Å². The summed E-state index contributed by atoms with van der Waals surface area (Å²) in [6.07, 6.45) is 5.96. The van der Waals surface area contributed by atoms with Crippen LogP contribution in [0.3, 0.4) is 0 Å². The minimum Gasteiger partial charge on any atom is -0.379 e. The van der Waals surface area contributed by atoms with E-state index in [1.807, 2.05) is 0 Å².